The minimum Gasteiger partial charge on any atom is -0.394 e. The molecule has 1 aliphatic rings. The zero-order valence-electron chi connectivity index (χ0n) is 10.3. The van der Waals surface area contributed by atoms with Crippen LogP contribution in [0.3, 0.4) is 0 Å². The van der Waals surface area contributed by atoms with E-state index in [1.807, 2.05) is 18.7 Å². The summed E-state index contributed by atoms with van der Waals surface area (Å²) in [6.45, 7) is 5.21. The maximum absolute atomic E-state index is 9.54. The number of nitrogens with zero attached hydrogens (tertiary/aromatic N) is 2. The van der Waals surface area contributed by atoms with Crippen LogP contribution in [0.2, 0.25) is 0 Å². The van der Waals surface area contributed by atoms with Gasteiger partial charge in [0.15, 0.2) is 4.34 Å². The monoisotopic (exact) mass is 273 g/mol. The molecule has 1 aromatic heterocycles. The van der Waals surface area contributed by atoms with Gasteiger partial charge in [0.2, 0.25) is 0 Å². The average Bonchev–Trinajstić information content (AvgIpc) is 2.88. The highest BCUT2D eigenvalue weighted by molar-refractivity contribution is 8.01. The SMILES string of the molecule is CCNC1(CO)CCC(Sc2nnc(C)s2)C1. The van der Waals surface area contributed by atoms with Gasteiger partial charge in [0.1, 0.15) is 5.01 Å². The zero-order chi connectivity index (χ0) is 12.3. The quantitative estimate of drug-likeness (QED) is 0.857. The van der Waals surface area contributed by atoms with Gasteiger partial charge in [-0.05, 0) is 32.7 Å². The Kier molecular flexibility index (Phi) is 4.41. The van der Waals surface area contributed by atoms with E-state index in [-0.39, 0.29) is 12.1 Å². The van der Waals surface area contributed by atoms with Crippen LogP contribution in [0.25, 0.3) is 0 Å². The first kappa shape index (κ1) is 13.3. The molecule has 1 fully saturated rings. The number of rotatable bonds is 5. The predicted octanol–water partition coefficient (Wildman–Crippen LogP) is 1.83. The van der Waals surface area contributed by atoms with Crippen molar-refractivity contribution in [3.05, 3.63) is 5.01 Å². The van der Waals surface area contributed by atoms with E-state index >= 15 is 0 Å². The van der Waals surface area contributed by atoms with Crippen molar-refractivity contribution in [1.82, 2.24) is 15.5 Å². The topological polar surface area (TPSA) is 58.0 Å². The van der Waals surface area contributed by atoms with Crippen LogP contribution < -0.4 is 5.32 Å². The van der Waals surface area contributed by atoms with E-state index in [1.165, 1.54) is 0 Å². The van der Waals surface area contributed by atoms with Gasteiger partial charge in [0, 0.05) is 10.8 Å². The number of nitrogens with one attached hydrogen (secondary N) is 1. The van der Waals surface area contributed by atoms with Gasteiger partial charge in [0.05, 0.1) is 6.61 Å². The third kappa shape index (κ3) is 3.19. The summed E-state index contributed by atoms with van der Waals surface area (Å²) in [6.07, 6.45) is 3.20. The Bertz CT molecular complexity index is 371. The predicted molar refractivity (Wildman–Crippen MR) is 71.6 cm³/mol. The summed E-state index contributed by atoms with van der Waals surface area (Å²) in [4.78, 5) is 0. The maximum Gasteiger partial charge on any atom is 0.174 e. The van der Waals surface area contributed by atoms with Crippen molar-refractivity contribution >= 4 is 23.1 Å². The lowest BCUT2D eigenvalue weighted by molar-refractivity contribution is 0.167. The lowest BCUT2D eigenvalue weighted by Crippen LogP contribution is -2.46. The molecule has 2 rings (SSSR count). The molecule has 1 aromatic rings. The molecular formula is C11H19N3OS2. The van der Waals surface area contributed by atoms with Gasteiger partial charge >= 0.3 is 0 Å². The van der Waals surface area contributed by atoms with Crippen molar-refractivity contribution in [2.24, 2.45) is 0 Å². The standard InChI is InChI=1S/C11H19N3OS2/c1-3-12-11(7-15)5-4-9(6-11)17-10-14-13-8(2)16-10/h9,12,15H,3-7H2,1-2H3. The van der Waals surface area contributed by atoms with Gasteiger partial charge in [-0.2, -0.15) is 0 Å². The zero-order valence-corrected chi connectivity index (χ0v) is 11.9. The Morgan fingerprint density at radius 1 is 1.59 bits per heavy atom. The van der Waals surface area contributed by atoms with Crippen LogP contribution in [0.15, 0.2) is 4.34 Å². The maximum atomic E-state index is 9.54. The number of thioether (sulfide) groups is 1. The van der Waals surface area contributed by atoms with E-state index in [0.29, 0.717) is 5.25 Å². The van der Waals surface area contributed by atoms with Crippen molar-refractivity contribution in [2.75, 3.05) is 13.2 Å². The Balaban J connectivity index is 1.93. The Morgan fingerprint density at radius 3 is 3.00 bits per heavy atom. The Labute approximate surface area is 110 Å². The fourth-order valence-electron chi connectivity index (χ4n) is 2.38. The number of aliphatic hydroxyl groups excluding tert-OH is 1. The molecule has 0 aromatic carbocycles. The molecule has 96 valence electrons. The lowest BCUT2D eigenvalue weighted by atomic mass is 9.99. The highest BCUT2D eigenvalue weighted by Gasteiger charge is 2.38. The second-order valence-electron chi connectivity index (χ2n) is 4.54. The van der Waals surface area contributed by atoms with Crippen molar-refractivity contribution in [1.29, 1.82) is 0 Å². The number of hydrogen-bond donors (Lipinski definition) is 2. The Morgan fingerprint density at radius 2 is 2.41 bits per heavy atom. The fraction of sp³-hybridized carbons (Fsp3) is 0.818. The summed E-state index contributed by atoms with van der Waals surface area (Å²) in [7, 11) is 0. The summed E-state index contributed by atoms with van der Waals surface area (Å²) in [5.41, 5.74) is -0.0633. The van der Waals surface area contributed by atoms with Crippen LogP contribution in [0.1, 0.15) is 31.2 Å². The summed E-state index contributed by atoms with van der Waals surface area (Å²) >= 11 is 3.46. The lowest BCUT2D eigenvalue weighted by Gasteiger charge is -2.27. The van der Waals surface area contributed by atoms with Crippen molar-refractivity contribution in [2.45, 2.75) is 48.2 Å². The van der Waals surface area contributed by atoms with E-state index in [1.54, 1.807) is 11.3 Å². The van der Waals surface area contributed by atoms with Gasteiger partial charge in [-0.3, -0.25) is 0 Å². The van der Waals surface area contributed by atoms with E-state index in [2.05, 4.69) is 22.4 Å². The van der Waals surface area contributed by atoms with Crippen LogP contribution in [-0.2, 0) is 0 Å². The van der Waals surface area contributed by atoms with Crippen LogP contribution in [0.4, 0.5) is 0 Å². The molecule has 1 heterocycles. The molecule has 2 atom stereocenters. The normalized spacial score (nSPS) is 28.8. The molecule has 1 aliphatic carbocycles. The number of hydrogen-bond acceptors (Lipinski definition) is 6. The number of aromatic nitrogens is 2. The molecule has 17 heavy (non-hydrogen) atoms. The molecule has 0 saturated heterocycles. The van der Waals surface area contributed by atoms with E-state index in [9.17, 15) is 5.11 Å². The van der Waals surface area contributed by atoms with Gasteiger partial charge < -0.3 is 10.4 Å². The first-order valence-corrected chi connectivity index (χ1v) is 7.70. The summed E-state index contributed by atoms with van der Waals surface area (Å²) in [5, 5.41) is 22.7. The molecule has 6 heteroatoms. The molecular weight excluding hydrogens is 254 g/mol. The minimum absolute atomic E-state index is 0.0633. The minimum atomic E-state index is -0.0633. The first-order valence-electron chi connectivity index (χ1n) is 6.00. The van der Waals surface area contributed by atoms with Crippen molar-refractivity contribution in [3.8, 4) is 0 Å². The molecule has 0 aliphatic heterocycles. The van der Waals surface area contributed by atoms with Crippen LogP contribution in [0, 0.1) is 6.92 Å². The molecule has 0 radical (unpaired) electrons. The highest BCUT2D eigenvalue weighted by atomic mass is 32.2. The summed E-state index contributed by atoms with van der Waals surface area (Å²) < 4.78 is 1.05. The third-order valence-electron chi connectivity index (χ3n) is 3.19. The molecule has 0 bridgehead atoms. The number of likely N-dealkylation sites (N-methyl/N-ethyl adjacent to an activating group) is 1. The molecule has 1 saturated carbocycles. The van der Waals surface area contributed by atoms with Gasteiger partial charge in [-0.15, -0.1) is 10.2 Å². The average molecular weight is 273 g/mol. The second-order valence-corrected chi connectivity index (χ2v) is 7.27. The molecule has 4 nitrogen and oxygen atoms in total. The molecule has 2 N–H and O–H groups in total. The van der Waals surface area contributed by atoms with Gasteiger partial charge in [-0.1, -0.05) is 30.0 Å². The second kappa shape index (κ2) is 5.65. The largest absolute Gasteiger partial charge is 0.394 e. The smallest absolute Gasteiger partial charge is 0.174 e. The molecule has 2 unspecified atom stereocenters. The summed E-state index contributed by atoms with van der Waals surface area (Å²) in [6, 6.07) is 0. The van der Waals surface area contributed by atoms with Gasteiger partial charge in [-0.25, -0.2) is 0 Å². The first-order chi connectivity index (χ1) is 8.17. The summed E-state index contributed by atoms with van der Waals surface area (Å²) in [5.74, 6) is 0. The van der Waals surface area contributed by atoms with Crippen LogP contribution in [0.5, 0.6) is 0 Å². The Hall–Kier alpha value is -0.170. The highest BCUT2D eigenvalue weighted by Crippen LogP contribution is 2.40. The third-order valence-corrected chi connectivity index (χ3v) is 5.38. The van der Waals surface area contributed by atoms with Gasteiger partial charge in [0.25, 0.3) is 0 Å². The van der Waals surface area contributed by atoms with Crippen molar-refractivity contribution < 1.29 is 5.11 Å². The van der Waals surface area contributed by atoms with E-state index < -0.39 is 0 Å². The van der Waals surface area contributed by atoms with Crippen LogP contribution in [-0.4, -0.2) is 39.2 Å². The van der Waals surface area contributed by atoms with E-state index in [0.717, 1.165) is 35.2 Å². The van der Waals surface area contributed by atoms with Crippen molar-refractivity contribution in [3.63, 3.8) is 0 Å². The fourth-order valence-corrected chi connectivity index (χ4v) is 4.77. The number of aliphatic hydroxyl groups is 1. The number of aryl methyl sites for hydroxylation is 1. The molecule has 0 spiro atoms. The van der Waals surface area contributed by atoms with E-state index in [4.69, 9.17) is 0 Å². The van der Waals surface area contributed by atoms with Crippen LogP contribution >= 0.6 is 23.1 Å². The molecule has 0 amide bonds.